The van der Waals surface area contributed by atoms with Crippen LogP contribution in [0.15, 0.2) is 24.3 Å². The molecule has 0 bridgehead atoms. The van der Waals surface area contributed by atoms with Crippen LogP contribution in [0, 0.1) is 0 Å². The molecule has 18 heavy (non-hydrogen) atoms. The molecule has 1 saturated heterocycles. The fourth-order valence-corrected chi connectivity index (χ4v) is 2.07. The van der Waals surface area contributed by atoms with E-state index in [1.54, 1.807) is 12.1 Å². The van der Waals surface area contributed by atoms with E-state index in [-0.39, 0.29) is 12.7 Å². The van der Waals surface area contributed by atoms with Gasteiger partial charge in [-0.15, -0.1) is 0 Å². The molecule has 2 rings (SSSR count). The number of aliphatic hydroxyl groups excluding tert-OH is 1. The molecule has 1 aromatic carbocycles. The molecule has 1 aliphatic rings. The molecule has 5 heteroatoms. The molecule has 1 amide bonds. The molecule has 0 aromatic heterocycles. The Balaban J connectivity index is 1.94. The maximum absolute atomic E-state index is 11.0. The van der Waals surface area contributed by atoms with Crippen LogP contribution >= 0.6 is 0 Å². The Hall–Kier alpha value is -1.43. The van der Waals surface area contributed by atoms with E-state index in [2.05, 4.69) is 4.90 Å². The van der Waals surface area contributed by atoms with E-state index in [1.807, 2.05) is 12.1 Å². The summed E-state index contributed by atoms with van der Waals surface area (Å²) in [5.74, 6) is -0.409. The molecule has 1 unspecified atom stereocenters. The summed E-state index contributed by atoms with van der Waals surface area (Å²) >= 11 is 0. The molecule has 98 valence electrons. The molecular weight excluding hydrogens is 232 g/mol. The molecule has 1 atom stereocenters. The number of morpholine rings is 1. The van der Waals surface area contributed by atoms with Crippen LogP contribution < -0.4 is 5.73 Å². The summed E-state index contributed by atoms with van der Waals surface area (Å²) in [4.78, 5) is 13.2. The number of aliphatic hydroxyl groups is 1. The van der Waals surface area contributed by atoms with Crippen molar-refractivity contribution in [1.29, 1.82) is 0 Å². The molecule has 0 saturated carbocycles. The first-order valence-corrected chi connectivity index (χ1v) is 6.02. The van der Waals surface area contributed by atoms with Gasteiger partial charge in [-0.05, 0) is 17.7 Å². The first kappa shape index (κ1) is 13.0. The van der Waals surface area contributed by atoms with Gasteiger partial charge in [-0.25, -0.2) is 0 Å². The Kier molecular flexibility index (Phi) is 4.30. The summed E-state index contributed by atoms with van der Waals surface area (Å²) in [6.45, 7) is 3.07. The number of benzene rings is 1. The third-order valence-corrected chi connectivity index (χ3v) is 3.07. The molecule has 1 aromatic rings. The van der Waals surface area contributed by atoms with Gasteiger partial charge in [0.05, 0.1) is 19.3 Å². The van der Waals surface area contributed by atoms with E-state index >= 15 is 0 Å². The van der Waals surface area contributed by atoms with Crippen molar-refractivity contribution in [2.45, 2.75) is 12.6 Å². The summed E-state index contributed by atoms with van der Waals surface area (Å²) in [6.07, 6.45) is -0.0938. The van der Waals surface area contributed by atoms with Gasteiger partial charge in [0.15, 0.2) is 0 Å². The Labute approximate surface area is 106 Å². The fraction of sp³-hybridized carbons (Fsp3) is 0.462. The smallest absolute Gasteiger partial charge is 0.248 e. The van der Waals surface area contributed by atoms with Gasteiger partial charge in [-0.3, -0.25) is 9.69 Å². The van der Waals surface area contributed by atoms with Crippen LogP contribution in [0.5, 0.6) is 0 Å². The molecule has 0 aliphatic carbocycles. The van der Waals surface area contributed by atoms with Crippen molar-refractivity contribution >= 4 is 5.91 Å². The van der Waals surface area contributed by atoms with Crippen LogP contribution in [0.1, 0.15) is 15.9 Å². The van der Waals surface area contributed by atoms with Gasteiger partial charge in [-0.1, -0.05) is 12.1 Å². The number of nitrogens with two attached hydrogens (primary N) is 1. The average Bonchev–Trinajstić information content (AvgIpc) is 2.39. The standard InChI is InChI=1S/C13H18N2O3/c14-13(17)11-3-1-10(2-4-11)7-15-5-6-18-12(8-15)9-16/h1-4,12,16H,5-9H2,(H2,14,17). The van der Waals surface area contributed by atoms with E-state index in [0.29, 0.717) is 12.2 Å². The van der Waals surface area contributed by atoms with E-state index < -0.39 is 5.91 Å². The first-order valence-electron chi connectivity index (χ1n) is 6.02. The number of hydrogen-bond donors (Lipinski definition) is 2. The highest BCUT2D eigenvalue weighted by atomic mass is 16.5. The highest BCUT2D eigenvalue weighted by Gasteiger charge is 2.19. The summed E-state index contributed by atoms with van der Waals surface area (Å²) in [6, 6.07) is 7.29. The van der Waals surface area contributed by atoms with Gasteiger partial charge >= 0.3 is 0 Å². The van der Waals surface area contributed by atoms with Crippen LogP contribution in [0.2, 0.25) is 0 Å². The van der Waals surface area contributed by atoms with Gasteiger partial charge < -0.3 is 15.6 Å². The average molecular weight is 250 g/mol. The van der Waals surface area contributed by atoms with Crippen molar-refractivity contribution in [3.63, 3.8) is 0 Å². The van der Waals surface area contributed by atoms with Crippen LogP contribution in [0.3, 0.4) is 0 Å². The van der Waals surface area contributed by atoms with Crippen molar-refractivity contribution in [2.75, 3.05) is 26.3 Å². The molecule has 0 spiro atoms. The lowest BCUT2D eigenvalue weighted by Gasteiger charge is -2.31. The number of primary amides is 1. The number of nitrogens with zero attached hydrogens (tertiary/aromatic N) is 1. The van der Waals surface area contributed by atoms with Crippen molar-refractivity contribution in [2.24, 2.45) is 5.73 Å². The number of carbonyl (C=O) groups excluding carboxylic acids is 1. The molecular formula is C13H18N2O3. The van der Waals surface area contributed by atoms with Crippen LogP contribution in [-0.4, -0.2) is 48.3 Å². The van der Waals surface area contributed by atoms with Gasteiger partial charge in [-0.2, -0.15) is 0 Å². The molecule has 1 fully saturated rings. The molecule has 0 radical (unpaired) electrons. The number of rotatable bonds is 4. The lowest BCUT2D eigenvalue weighted by Crippen LogP contribution is -2.43. The van der Waals surface area contributed by atoms with Gasteiger partial charge in [0, 0.05) is 25.2 Å². The lowest BCUT2D eigenvalue weighted by atomic mass is 10.1. The Morgan fingerprint density at radius 1 is 1.44 bits per heavy atom. The third kappa shape index (κ3) is 3.29. The molecule has 5 nitrogen and oxygen atoms in total. The SMILES string of the molecule is NC(=O)c1ccc(CN2CCOC(CO)C2)cc1. The minimum absolute atomic E-state index is 0.0527. The number of ether oxygens (including phenoxy) is 1. The van der Waals surface area contributed by atoms with E-state index in [1.165, 1.54) is 0 Å². The monoisotopic (exact) mass is 250 g/mol. The molecule has 3 N–H and O–H groups in total. The predicted molar refractivity (Wildman–Crippen MR) is 67.1 cm³/mol. The maximum atomic E-state index is 11.0. The number of hydrogen-bond acceptors (Lipinski definition) is 4. The second kappa shape index (κ2) is 5.95. The van der Waals surface area contributed by atoms with Crippen LogP contribution in [0.25, 0.3) is 0 Å². The second-order valence-electron chi connectivity index (χ2n) is 4.47. The Morgan fingerprint density at radius 2 is 2.17 bits per heavy atom. The Bertz CT molecular complexity index is 405. The predicted octanol–water partition coefficient (Wildman–Crippen LogP) is -0.0214. The van der Waals surface area contributed by atoms with Crippen LogP contribution in [-0.2, 0) is 11.3 Å². The largest absolute Gasteiger partial charge is 0.394 e. The zero-order chi connectivity index (χ0) is 13.0. The van der Waals surface area contributed by atoms with Crippen LogP contribution in [0.4, 0.5) is 0 Å². The summed E-state index contributed by atoms with van der Waals surface area (Å²) < 4.78 is 5.39. The second-order valence-corrected chi connectivity index (χ2v) is 4.47. The van der Waals surface area contributed by atoms with Crippen molar-refractivity contribution < 1.29 is 14.6 Å². The first-order chi connectivity index (χ1) is 8.69. The Morgan fingerprint density at radius 3 is 2.78 bits per heavy atom. The minimum Gasteiger partial charge on any atom is -0.394 e. The fourth-order valence-electron chi connectivity index (χ4n) is 2.07. The highest BCUT2D eigenvalue weighted by molar-refractivity contribution is 5.92. The van der Waals surface area contributed by atoms with Gasteiger partial charge in [0.25, 0.3) is 0 Å². The van der Waals surface area contributed by atoms with E-state index in [4.69, 9.17) is 15.6 Å². The van der Waals surface area contributed by atoms with Crippen molar-refractivity contribution in [3.8, 4) is 0 Å². The maximum Gasteiger partial charge on any atom is 0.248 e. The van der Waals surface area contributed by atoms with Crippen molar-refractivity contribution in [1.82, 2.24) is 4.90 Å². The highest BCUT2D eigenvalue weighted by Crippen LogP contribution is 2.11. The molecule has 1 heterocycles. The summed E-state index contributed by atoms with van der Waals surface area (Å²) in [5, 5.41) is 9.07. The van der Waals surface area contributed by atoms with Gasteiger partial charge in [0.1, 0.15) is 0 Å². The number of carbonyl (C=O) groups is 1. The topological polar surface area (TPSA) is 75.8 Å². The normalized spacial score (nSPS) is 20.8. The zero-order valence-corrected chi connectivity index (χ0v) is 10.2. The minimum atomic E-state index is -0.409. The molecule has 1 aliphatic heterocycles. The number of amides is 1. The lowest BCUT2D eigenvalue weighted by molar-refractivity contribution is -0.0551. The summed E-state index contributed by atoms with van der Waals surface area (Å²) in [7, 11) is 0. The van der Waals surface area contributed by atoms with E-state index in [0.717, 1.165) is 25.2 Å². The third-order valence-electron chi connectivity index (χ3n) is 3.07. The van der Waals surface area contributed by atoms with Crippen molar-refractivity contribution in [3.05, 3.63) is 35.4 Å². The quantitative estimate of drug-likeness (QED) is 0.787. The zero-order valence-electron chi connectivity index (χ0n) is 10.2. The van der Waals surface area contributed by atoms with E-state index in [9.17, 15) is 4.79 Å². The summed E-state index contributed by atoms with van der Waals surface area (Å²) in [5.41, 5.74) is 6.84. The van der Waals surface area contributed by atoms with Gasteiger partial charge in [0.2, 0.25) is 5.91 Å².